The largest absolute Gasteiger partial charge is 0.497 e. The second kappa shape index (κ2) is 7.29. The highest BCUT2D eigenvalue weighted by molar-refractivity contribution is 9.10. The van der Waals surface area contributed by atoms with E-state index in [1.54, 1.807) is 43.5 Å². The van der Waals surface area contributed by atoms with Crippen LogP contribution in [-0.4, -0.2) is 25.3 Å². The van der Waals surface area contributed by atoms with Crippen LogP contribution in [0.1, 0.15) is 15.9 Å². The lowest BCUT2D eigenvalue weighted by atomic mass is 10.2. The quantitative estimate of drug-likeness (QED) is 0.650. The SMILES string of the molecule is COc1ccc(C(=O)Oc2c(Br)cc(CO)cc2OC)cc1. The molecule has 2 rings (SSSR count). The average Bonchev–Trinajstić information content (AvgIpc) is 2.56. The molecule has 0 fully saturated rings. The van der Waals surface area contributed by atoms with Gasteiger partial charge in [0.2, 0.25) is 0 Å². The molecule has 116 valence electrons. The van der Waals surface area contributed by atoms with Crippen LogP contribution in [0.4, 0.5) is 0 Å². The number of ether oxygens (including phenoxy) is 3. The van der Waals surface area contributed by atoms with Gasteiger partial charge in [-0.1, -0.05) is 0 Å². The summed E-state index contributed by atoms with van der Waals surface area (Å²) in [4.78, 5) is 12.2. The minimum Gasteiger partial charge on any atom is -0.497 e. The zero-order chi connectivity index (χ0) is 16.1. The van der Waals surface area contributed by atoms with Crippen LogP contribution in [0.5, 0.6) is 17.2 Å². The van der Waals surface area contributed by atoms with Gasteiger partial charge in [0.15, 0.2) is 11.5 Å². The van der Waals surface area contributed by atoms with Crippen LogP contribution in [0, 0.1) is 0 Å². The third-order valence-corrected chi connectivity index (χ3v) is 3.58. The van der Waals surface area contributed by atoms with Crippen molar-refractivity contribution in [2.24, 2.45) is 0 Å². The molecule has 6 heteroatoms. The van der Waals surface area contributed by atoms with E-state index in [0.717, 1.165) is 0 Å². The summed E-state index contributed by atoms with van der Waals surface area (Å²) in [5.74, 6) is 0.766. The maximum absolute atomic E-state index is 12.2. The predicted octanol–water partition coefficient (Wildman–Crippen LogP) is 3.18. The normalized spacial score (nSPS) is 10.2. The van der Waals surface area contributed by atoms with Gasteiger partial charge < -0.3 is 19.3 Å². The van der Waals surface area contributed by atoms with Crippen LogP contribution in [0.25, 0.3) is 0 Å². The van der Waals surface area contributed by atoms with Crippen LogP contribution in [0.2, 0.25) is 0 Å². The summed E-state index contributed by atoms with van der Waals surface area (Å²) in [6, 6.07) is 9.86. The molecular formula is C16H15BrO5. The first-order valence-corrected chi connectivity index (χ1v) is 7.21. The summed E-state index contributed by atoms with van der Waals surface area (Å²) >= 11 is 3.32. The van der Waals surface area contributed by atoms with Gasteiger partial charge in [-0.3, -0.25) is 0 Å². The molecule has 1 N–H and O–H groups in total. The number of aliphatic hydroxyl groups excluding tert-OH is 1. The third-order valence-electron chi connectivity index (χ3n) is 2.99. The van der Waals surface area contributed by atoms with E-state index < -0.39 is 5.97 Å². The summed E-state index contributed by atoms with van der Waals surface area (Å²) in [6.45, 7) is -0.137. The zero-order valence-electron chi connectivity index (χ0n) is 12.1. The average molecular weight is 367 g/mol. The fourth-order valence-corrected chi connectivity index (χ4v) is 2.41. The molecule has 0 amide bonds. The first-order chi connectivity index (χ1) is 10.6. The van der Waals surface area contributed by atoms with Crippen LogP contribution >= 0.6 is 15.9 Å². The molecule has 0 atom stereocenters. The zero-order valence-corrected chi connectivity index (χ0v) is 13.7. The summed E-state index contributed by atoms with van der Waals surface area (Å²) in [7, 11) is 3.02. The number of rotatable bonds is 5. The van der Waals surface area contributed by atoms with Gasteiger partial charge in [0.1, 0.15) is 5.75 Å². The van der Waals surface area contributed by atoms with E-state index >= 15 is 0 Å². The molecular weight excluding hydrogens is 352 g/mol. The second-order valence-corrected chi connectivity index (χ2v) is 5.24. The van der Waals surface area contributed by atoms with E-state index in [2.05, 4.69) is 15.9 Å². The Morgan fingerprint density at radius 3 is 2.36 bits per heavy atom. The second-order valence-electron chi connectivity index (χ2n) is 4.39. The fourth-order valence-electron chi connectivity index (χ4n) is 1.84. The lowest BCUT2D eigenvalue weighted by Gasteiger charge is -2.12. The van der Waals surface area contributed by atoms with E-state index in [9.17, 15) is 9.90 Å². The van der Waals surface area contributed by atoms with Crippen LogP contribution in [0.3, 0.4) is 0 Å². The van der Waals surface area contributed by atoms with E-state index in [1.165, 1.54) is 7.11 Å². The number of hydrogen-bond donors (Lipinski definition) is 1. The molecule has 0 aliphatic carbocycles. The lowest BCUT2D eigenvalue weighted by Crippen LogP contribution is -2.10. The maximum atomic E-state index is 12.2. The standard InChI is InChI=1S/C16H15BrO5/c1-20-12-5-3-11(4-6-12)16(19)22-15-13(17)7-10(9-18)8-14(15)21-2/h3-8,18H,9H2,1-2H3. The Kier molecular flexibility index (Phi) is 5.41. The van der Waals surface area contributed by atoms with Crippen LogP contribution in [-0.2, 0) is 6.61 Å². The molecule has 22 heavy (non-hydrogen) atoms. The van der Waals surface area contributed by atoms with Crippen molar-refractivity contribution in [1.29, 1.82) is 0 Å². The van der Waals surface area contributed by atoms with Gasteiger partial charge in [0.25, 0.3) is 0 Å². The number of hydrogen-bond acceptors (Lipinski definition) is 5. The smallest absolute Gasteiger partial charge is 0.343 e. The summed E-state index contributed by atoms with van der Waals surface area (Å²) in [5.41, 5.74) is 1.04. The fraction of sp³-hybridized carbons (Fsp3) is 0.188. The van der Waals surface area contributed by atoms with Gasteiger partial charge in [-0.25, -0.2) is 4.79 Å². The van der Waals surface area contributed by atoms with Gasteiger partial charge in [0.05, 0.1) is 30.9 Å². The van der Waals surface area contributed by atoms with Crippen LogP contribution in [0.15, 0.2) is 40.9 Å². The maximum Gasteiger partial charge on any atom is 0.343 e. The molecule has 2 aromatic rings. The van der Waals surface area contributed by atoms with Gasteiger partial charge in [-0.05, 0) is 57.9 Å². The van der Waals surface area contributed by atoms with Crippen molar-refractivity contribution in [2.75, 3.05) is 14.2 Å². The Morgan fingerprint density at radius 2 is 1.82 bits per heavy atom. The molecule has 0 aliphatic heterocycles. The van der Waals surface area contributed by atoms with Gasteiger partial charge >= 0.3 is 5.97 Å². The van der Waals surface area contributed by atoms with Crippen molar-refractivity contribution in [3.05, 3.63) is 52.0 Å². The molecule has 0 radical (unpaired) electrons. The summed E-state index contributed by atoms with van der Waals surface area (Å²) < 4.78 is 16.2. The Bertz CT molecular complexity index is 667. The van der Waals surface area contributed by atoms with Crippen molar-refractivity contribution < 1.29 is 24.1 Å². The first-order valence-electron chi connectivity index (χ1n) is 6.42. The molecule has 0 heterocycles. The van der Waals surface area contributed by atoms with Crippen molar-refractivity contribution >= 4 is 21.9 Å². The molecule has 5 nitrogen and oxygen atoms in total. The van der Waals surface area contributed by atoms with Gasteiger partial charge in [-0.15, -0.1) is 0 Å². The highest BCUT2D eigenvalue weighted by Gasteiger charge is 2.17. The van der Waals surface area contributed by atoms with Crippen molar-refractivity contribution in [2.45, 2.75) is 6.61 Å². The molecule has 2 aromatic carbocycles. The Morgan fingerprint density at radius 1 is 1.14 bits per heavy atom. The monoisotopic (exact) mass is 366 g/mol. The molecule has 0 unspecified atom stereocenters. The highest BCUT2D eigenvalue weighted by Crippen LogP contribution is 2.37. The molecule has 0 bridgehead atoms. The molecule has 0 aliphatic rings. The number of esters is 1. The Balaban J connectivity index is 2.27. The number of methoxy groups -OCH3 is 2. The number of carbonyl (C=O) groups excluding carboxylic acids is 1. The lowest BCUT2D eigenvalue weighted by molar-refractivity contribution is 0.0728. The number of benzene rings is 2. The first kappa shape index (κ1) is 16.3. The highest BCUT2D eigenvalue weighted by atomic mass is 79.9. The number of aliphatic hydroxyl groups is 1. The van der Waals surface area contributed by atoms with E-state index in [0.29, 0.717) is 27.1 Å². The minimum absolute atomic E-state index is 0.137. The summed E-state index contributed by atoms with van der Waals surface area (Å²) in [6.07, 6.45) is 0. The molecule has 0 aromatic heterocycles. The third kappa shape index (κ3) is 3.58. The van der Waals surface area contributed by atoms with Crippen molar-refractivity contribution in [1.82, 2.24) is 0 Å². The topological polar surface area (TPSA) is 65.0 Å². The summed E-state index contributed by atoms with van der Waals surface area (Å²) in [5, 5.41) is 9.19. The Labute approximate surface area is 136 Å². The van der Waals surface area contributed by atoms with Crippen LogP contribution < -0.4 is 14.2 Å². The van der Waals surface area contributed by atoms with Gasteiger partial charge in [0, 0.05) is 0 Å². The Hall–Kier alpha value is -2.05. The minimum atomic E-state index is -0.515. The van der Waals surface area contributed by atoms with E-state index in [-0.39, 0.29) is 12.4 Å². The van der Waals surface area contributed by atoms with Crippen molar-refractivity contribution in [3.63, 3.8) is 0 Å². The molecule has 0 saturated carbocycles. The molecule has 0 saturated heterocycles. The van der Waals surface area contributed by atoms with Crippen molar-refractivity contribution in [3.8, 4) is 17.2 Å². The number of halogens is 1. The van der Waals surface area contributed by atoms with Gasteiger partial charge in [-0.2, -0.15) is 0 Å². The number of carbonyl (C=O) groups is 1. The molecule has 0 spiro atoms. The van der Waals surface area contributed by atoms with E-state index in [1.807, 2.05) is 0 Å². The van der Waals surface area contributed by atoms with E-state index in [4.69, 9.17) is 14.2 Å². The predicted molar refractivity (Wildman–Crippen MR) is 84.6 cm³/mol.